The van der Waals surface area contributed by atoms with Crippen LogP contribution in [0, 0.1) is 0 Å². The lowest BCUT2D eigenvalue weighted by Crippen LogP contribution is -2.23. The number of aromatic nitrogens is 1. The fraction of sp³-hybridized carbons (Fsp3) is 0.467. The predicted octanol–water partition coefficient (Wildman–Crippen LogP) is 3.11. The first-order valence-electron chi connectivity index (χ1n) is 6.58. The van der Waals surface area contributed by atoms with E-state index in [-0.39, 0.29) is 0 Å². The molecule has 0 aliphatic heterocycles. The van der Waals surface area contributed by atoms with E-state index >= 15 is 0 Å². The van der Waals surface area contributed by atoms with Gasteiger partial charge in [0.1, 0.15) is 5.75 Å². The van der Waals surface area contributed by atoms with Gasteiger partial charge in [-0.15, -0.1) is 0 Å². The molecule has 0 saturated heterocycles. The predicted molar refractivity (Wildman–Crippen MR) is 76.3 cm³/mol. The van der Waals surface area contributed by atoms with Gasteiger partial charge in [0.15, 0.2) is 0 Å². The second-order valence-electron chi connectivity index (χ2n) is 4.94. The summed E-state index contributed by atoms with van der Waals surface area (Å²) in [6, 6.07) is 6.77. The first kappa shape index (κ1) is 13.0. The Morgan fingerprint density at radius 1 is 1.33 bits per heavy atom. The van der Waals surface area contributed by atoms with Gasteiger partial charge in [-0.3, -0.25) is 0 Å². The summed E-state index contributed by atoms with van der Waals surface area (Å²) in [5.74, 6) is 0.900. The van der Waals surface area contributed by atoms with Gasteiger partial charge in [0.2, 0.25) is 0 Å². The molecule has 0 bridgehead atoms. The van der Waals surface area contributed by atoms with Crippen molar-refractivity contribution in [1.82, 2.24) is 10.3 Å². The van der Waals surface area contributed by atoms with Crippen molar-refractivity contribution in [3.8, 4) is 5.75 Å². The standard InChI is InChI=1S/C15H22N2O/c1-11(2)16-8-4-5-12-10-17-15-9-13(18-3)6-7-14(12)15/h6-7,9-11,16-17H,4-5,8H2,1-3H3. The van der Waals surface area contributed by atoms with Crippen molar-refractivity contribution < 1.29 is 4.74 Å². The minimum absolute atomic E-state index is 0.567. The van der Waals surface area contributed by atoms with Crippen LogP contribution in [0.3, 0.4) is 0 Å². The first-order valence-corrected chi connectivity index (χ1v) is 6.58. The summed E-state index contributed by atoms with van der Waals surface area (Å²) in [7, 11) is 1.70. The fourth-order valence-electron chi connectivity index (χ4n) is 2.17. The third-order valence-corrected chi connectivity index (χ3v) is 3.15. The quantitative estimate of drug-likeness (QED) is 0.768. The van der Waals surface area contributed by atoms with Gasteiger partial charge in [-0.05, 0) is 37.1 Å². The smallest absolute Gasteiger partial charge is 0.120 e. The summed E-state index contributed by atoms with van der Waals surface area (Å²) in [6.45, 7) is 5.43. The van der Waals surface area contributed by atoms with E-state index in [2.05, 4.69) is 36.4 Å². The van der Waals surface area contributed by atoms with Crippen LogP contribution < -0.4 is 10.1 Å². The van der Waals surface area contributed by atoms with Crippen molar-refractivity contribution in [2.45, 2.75) is 32.7 Å². The highest BCUT2D eigenvalue weighted by Crippen LogP contribution is 2.23. The average Bonchev–Trinajstić information content (AvgIpc) is 2.76. The van der Waals surface area contributed by atoms with Crippen LogP contribution in [-0.4, -0.2) is 24.7 Å². The van der Waals surface area contributed by atoms with Crippen LogP contribution in [0.5, 0.6) is 5.75 Å². The zero-order chi connectivity index (χ0) is 13.0. The van der Waals surface area contributed by atoms with E-state index in [4.69, 9.17) is 4.74 Å². The fourth-order valence-corrected chi connectivity index (χ4v) is 2.17. The van der Waals surface area contributed by atoms with Crippen LogP contribution in [-0.2, 0) is 6.42 Å². The van der Waals surface area contributed by atoms with Gasteiger partial charge in [0, 0.05) is 29.2 Å². The summed E-state index contributed by atoms with van der Waals surface area (Å²) < 4.78 is 5.23. The monoisotopic (exact) mass is 246 g/mol. The summed E-state index contributed by atoms with van der Waals surface area (Å²) in [5, 5.41) is 4.75. The lowest BCUT2D eigenvalue weighted by molar-refractivity contribution is 0.415. The van der Waals surface area contributed by atoms with E-state index < -0.39 is 0 Å². The number of rotatable bonds is 6. The third-order valence-electron chi connectivity index (χ3n) is 3.15. The van der Waals surface area contributed by atoms with Gasteiger partial charge in [0.25, 0.3) is 0 Å². The Kier molecular flexibility index (Phi) is 4.26. The molecule has 0 atom stereocenters. The van der Waals surface area contributed by atoms with Crippen molar-refractivity contribution in [1.29, 1.82) is 0 Å². The molecule has 3 heteroatoms. The minimum Gasteiger partial charge on any atom is -0.497 e. The van der Waals surface area contributed by atoms with Crippen LogP contribution in [0.4, 0.5) is 0 Å². The summed E-state index contributed by atoms with van der Waals surface area (Å²) >= 11 is 0. The lowest BCUT2D eigenvalue weighted by atomic mass is 10.1. The molecule has 2 N–H and O–H groups in total. The lowest BCUT2D eigenvalue weighted by Gasteiger charge is -2.07. The summed E-state index contributed by atoms with van der Waals surface area (Å²) in [6.07, 6.45) is 4.38. The zero-order valence-corrected chi connectivity index (χ0v) is 11.4. The van der Waals surface area contributed by atoms with Crippen LogP contribution in [0.25, 0.3) is 10.9 Å². The van der Waals surface area contributed by atoms with E-state index in [1.54, 1.807) is 7.11 Å². The third kappa shape index (κ3) is 3.05. The highest BCUT2D eigenvalue weighted by Gasteiger charge is 2.04. The van der Waals surface area contributed by atoms with Crippen LogP contribution >= 0.6 is 0 Å². The highest BCUT2D eigenvalue weighted by molar-refractivity contribution is 5.84. The van der Waals surface area contributed by atoms with Crippen LogP contribution in [0.15, 0.2) is 24.4 Å². The Morgan fingerprint density at radius 2 is 2.17 bits per heavy atom. The van der Waals surface area contributed by atoms with E-state index in [1.807, 2.05) is 12.1 Å². The number of aromatic amines is 1. The number of fused-ring (bicyclic) bond motifs is 1. The second kappa shape index (κ2) is 5.91. The highest BCUT2D eigenvalue weighted by atomic mass is 16.5. The number of benzene rings is 1. The molecule has 0 fully saturated rings. The minimum atomic E-state index is 0.567. The maximum Gasteiger partial charge on any atom is 0.120 e. The number of hydrogen-bond donors (Lipinski definition) is 2. The largest absolute Gasteiger partial charge is 0.497 e. The van der Waals surface area contributed by atoms with Crippen LogP contribution in [0.2, 0.25) is 0 Å². The van der Waals surface area contributed by atoms with Gasteiger partial charge >= 0.3 is 0 Å². The van der Waals surface area contributed by atoms with Crippen molar-refractivity contribution in [3.63, 3.8) is 0 Å². The Hall–Kier alpha value is -1.48. The van der Waals surface area contributed by atoms with Gasteiger partial charge in [-0.25, -0.2) is 0 Å². The molecule has 1 aromatic carbocycles. The maximum absolute atomic E-state index is 5.23. The molecule has 0 unspecified atom stereocenters. The normalized spacial score (nSPS) is 11.3. The SMILES string of the molecule is COc1ccc2c(CCCNC(C)C)c[nH]c2c1. The molecule has 2 rings (SSSR count). The molecule has 0 spiro atoms. The van der Waals surface area contributed by atoms with Crippen molar-refractivity contribution in [3.05, 3.63) is 30.0 Å². The van der Waals surface area contributed by atoms with Crippen LogP contribution in [0.1, 0.15) is 25.8 Å². The van der Waals surface area contributed by atoms with E-state index in [0.29, 0.717) is 6.04 Å². The van der Waals surface area contributed by atoms with E-state index in [9.17, 15) is 0 Å². The van der Waals surface area contributed by atoms with Gasteiger partial charge in [0.05, 0.1) is 7.11 Å². The molecule has 0 amide bonds. The number of ether oxygens (including phenoxy) is 1. The summed E-state index contributed by atoms with van der Waals surface area (Å²) in [5.41, 5.74) is 2.54. The van der Waals surface area contributed by atoms with Crippen molar-refractivity contribution >= 4 is 10.9 Å². The zero-order valence-electron chi connectivity index (χ0n) is 11.4. The molecular formula is C15H22N2O. The maximum atomic E-state index is 5.23. The van der Waals surface area contributed by atoms with Gasteiger partial charge < -0.3 is 15.0 Å². The second-order valence-corrected chi connectivity index (χ2v) is 4.94. The number of hydrogen-bond acceptors (Lipinski definition) is 2. The molecule has 0 saturated carbocycles. The topological polar surface area (TPSA) is 37.0 Å². The number of nitrogens with one attached hydrogen (secondary N) is 2. The Bertz CT molecular complexity index is 502. The first-order chi connectivity index (χ1) is 8.70. The molecule has 0 aliphatic rings. The molecule has 2 aromatic rings. The summed E-state index contributed by atoms with van der Waals surface area (Å²) in [4.78, 5) is 3.31. The van der Waals surface area contributed by atoms with E-state index in [0.717, 1.165) is 30.7 Å². The Balaban J connectivity index is 2.01. The van der Waals surface area contributed by atoms with E-state index in [1.165, 1.54) is 10.9 Å². The molecule has 1 aromatic heterocycles. The number of methoxy groups -OCH3 is 1. The Morgan fingerprint density at radius 3 is 2.89 bits per heavy atom. The Labute approximate surface area is 109 Å². The van der Waals surface area contributed by atoms with Crippen molar-refractivity contribution in [2.24, 2.45) is 0 Å². The molecule has 0 aliphatic carbocycles. The number of aryl methyl sites for hydroxylation is 1. The number of H-pyrrole nitrogens is 1. The molecule has 18 heavy (non-hydrogen) atoms. The van der Waals surface area contributed by atoms with Gasteiger partial charge in [-0.2, -0.15) is 0 Å². The molecule has 3 nitrogen and oxygen atoms in total. The molecular weight excluding hydrogens is 224 g/mol. The van der Waals surface area contributed by atoms with Crippen molar-refractivity contribution in [2.75, 3.05) is 13.7 Å². The van der Waals surface area contributed by atoms with Gasteiger partial charge in [-0.1, -0.05) is 13.8 Å². The molecule has 1 heterocycles. The average molecular weight is 246 g/mol. The molecule has 98 valence electrons. The molecule has 0 radical (unpaired) electrons.